The smallest absolute Gasteiger partial charge is 0.229 e. The summed E-state index contributed by atoms with van der Waals surface area (Å²) in [5.41, 5.74) is 0. The van der Waals surface area contributed by atoms with E-state index in [1.165, 1.54) is 0 Å². The number of nitrogens with zero attached hydrogens (tertiary/aromatic N) is 3. The molecule has 2 heterocycles. The second kappa shape index (κ2) is 3.67. The van der Waals surface area contributed by atoms with Crippen LogP contribution in [0.4, 0.5) is 0 Å². The van der Waals surface area contributed by atoms with Gasteiger partial charge in [0.15, 0.2) is 5.82 Å². The van der Waals surface area contributed by atoms with Crippen molar-refractivity contribution in [3.63, 3.8) is 0 Å². The maximum atomic E-state index is 9.08. The van der Waals surface area contributed by atoms with Gasteiger partial charge in [0.05, 0.1) is 12.6 Å². The number of hydrogen-bond acceptors (Lipinski definition) is 5. The van der Waals surface area contributed by atoms with Gasteiger partial charge >= 0.3 is 0 Å². The Morgan fingerprint density at radius 1 is 1.57 bits per heavy atom. The fraction of sp³-hybridized carbons (Fsp3) is 0.778. The zero-order chi connectivity index (χ0) is 10.1. The second-order valence-electron chi connectivity index (χ2n) is 4.05. The molecule has 1 aliphatic heterocycles. The van der Waals surface area contributed by atoms with Gasteiger partial charge in [-0.15, -0.1) is 0 Å². The third-order valence-electron chi connectivity index (χ3n) is 2.28. The molecule has 78 valence electrons. The highest BCUT2D eigenvalue weighted by Crippen LogP contribution is 2.14. The summed E-state index contributed by atoms with van der Waals surface area (Å²) in [5.74, 6) is 1.67. The van der Waals surface area contributed by atoms with Gasteiger partial charge in [0.25, 0.3) is 0 Å². The maximum absolute atomic E-state index is 9.08. The highest BCUT2D eigenvalue weighted by molar-refractivity contribution is 4.92. The van der Waals surface area contributed by atoms with Crippen LogP contribution in [0.5, 0.6) is 0 Å². The lowest BCUT2D eigenvalue weighted by Gasteiger charge is -2.34. The van der Waals surface area contributed by atoms with E-state index in [2.05, 4.69) is 15.0 Å². The molecule has 1 fully saturated rings. The lowest BCUT2D eigenvalue weighted by molar-refractivity contribution is -0.00461. The maximum Gasteiger partial charge on any atom is 0.229 e. The molecule has 1 aromatic heterocycles. The first-order valence-electron chi connectivity index (χ1n) is 4.88. The van der Waals surface area contributed by atoms with Gasteiger partial charge in [0, 0.05) is 19.0 Å². The van der Waals surface area contributed by atoms with E-state index in [0.29, 0.717) is 31.3 Å². The van der Waals surface area contributed by atoms with E-state index < -0.39 is 0 Å². The van der Waals surface area contributed by atoms with Gasteiger partial charge < -0.3 is 9.63 Å². The normalized spacial score (nSPS) is 18.9. The van der Waals surface area contributed by atoms with Gasteiger partial charge in [-0.3, -0.25) is 4.90 Å². The summed E-state index contributed by atoms with van der Waals surface area (Å²) in [6.45, 7) is 6.14. The predicted octanol–water partition coefficient (Wildman–Crippen LogP) is 0.369. The van der Waals surface area contributed by atoms with E-state index in [0.717, 1.165) is 0 Å². The van der Waals surface area contributed by atoms with Crippen molar-refractivity contribution >= 4 is 0 Å². The van der Waals surface area contributed by atoms with Gasteiger partial charge in [0.2, 0.25) is 5.89 Å². The Morgan fingerprint density at radius 3 is 2.79 bits per heavy atom. The van der Waals surface area contributed by atoms with E-state index >= 15 is 0 Å². The van der Waals surface area contributed by atoms with Crippen molar-refractivity contribution in [1.82, 2.24) is 15.0 Å². The van der Waals surface area contributed by atoms with Crippen LogP contribution in [0.2, 0.25) is 0 Å². The number of aromatic nitrogens is 2. The van der Waals surface area contributed by atoms with E-state index in [1.807, 2.05) is 13.8 Å². The predicted molar refractivity (Wildman–Crippen MR) is 49.7 cm³/mol. The summed E-state index contributed by atoms with van der Waals surface area (Å²) in [5, 5.41) is 13.0. The summed E-state index contributed by atoms with van der Waals surface area (Å²) in [4.78, 5) is 6.34. The molecule has 0 bridgehead atoms. The van der Waals surface area contributed by atoms with E-state index in [4.69, 9.17) is 9.63 Å². The van der Waals surface area contributed by atoms with E-state index in [1.54, 1.807) is 0 Å². The van der Waals surface area contributed by atoms with Gasteiger partial charge in [-0.25, -0.2) is 0 Å². The summed E-state index contributed by atoms with van der Waals surface area (Å²) < 4.78 is 5.07. The fourth-order valence-corrected chi connectivity index (χ4v) is 1.44. The molecule has 5 heteroatoms. The molecule has 14 heavy (non-hydrogen) atoms. The largest absolute Gasteiger partial charge is 0.390 e. The molecular weight excluding hydrogens is 182 g/mol. The minimum Gasteiger partial charge on any atom is -0.390 e. The first-order valence-corrected chi connectivity index (χ1v) is 4.88. The number of hydrogen-bond donors (Lipinski definition) is 1. The number of aliphatic hydroxyl groups excluding tert-OH is 1. The van der Waals surface area contributed by atoms with Crippen LogP contribution in [0, 0.1) is 0 Å². The Labute approximate surface area is 82.7 Å². The summed E-state index contributed by atoms with van der Waals surface area (Å²) in [6.07, 6.45) is -0.175. The highest BCUT2D eigenvalue weighted by Gasteiger charge is 2.25. The lowest BCUT2D eigenvalue weighted by atomic mass is 10.2. The van der Waals surface area contributed by atoms with Crippen LogP contribution in [0.15, 0.2) is 4.52 Å². The molecule has 1 aliphatic rings. The number of rotatable bonds is 3. The average Bonchev–Trinajstić information content (AvgIpc) is 2.50. The zero-order valence-corrected chi connectivity index (χ0v) is 8.47. The Kier molecular flexibility index (Phi) is 2.52. The Morgan fingerprint density at radius 2 is 2.29 bits per heavy atom. The zero-order valence-electron chi connectivity index (χ0n) is 8.47. The van der Waals surface area contributed by atoms with Crippen molar-refractivity contribution in [3.8, 4) is 0 Å². The molecule has 0 aromatic carbocycles. The molecule has 0 atom stereocenters. The Hall–Kier alpha value is -0.940. The van der Waals surface area contributed by atoms with Crippen molar-refractivity contribution in [2.45, 2.75) is 32.4 Å². The minimum atomic E-state index is -0.175. The molecule has 1 aromatic rings. The quantitative estimate of drug-likeness (QED) is 0.758. The van der Waals surface area contributed by atoms with E-state index in [9.17, 15) is 0 Å². The van der Waals surface area contributed by atoms with Gasteiger partial charge in [-0.2, -0.15) is 4.98 Å². The third-order valence-corrected chi connectivity index (χ3v) is 2.28. The molecule has 0 amide bonds. The number of aliphatic hydroxyl groups is 1. The van der Waals surface area contributed by atoms with Crippen LogP contribution < -0.4 is 0 Å². The summed E-state index contributed by atoms with van der Waals surface area (Å²) >= 11 is 0. The molecule has 1 N–H and O–H groups in total. The molecule has 0 spiro atoms. The van der Waals surface area contributed by atoms with Crippen molar-refractivity contribution in [2.24, 2.45) is 0 Å². The standard InChI is InChI=1S/C9H15N3O2/c1-6(2)9-10-8(11-14-9)5-12-3-7(13)4-12/h6-7,13H,3-5H2,1-2H3. The second-order valence-corrected chi connectivity index (χ2v) is 4.05. The summed E-state index contributed by atoms with van der Waals surface area (Å²) in [7, 11) is 0. The fourth-order valence-electron chi connectivity index (χ4n) is 1.44. The Balaban J connectivity index is 1.90. The van der Waals surface area contributed by atoms with Crippen molar-refractivity contribution in [3.05, 3.63) is 11.7 Å². The molecule has 5 nitrogen and oxygen atoms in total. The van der Waals surface area contributed by atoms with E-state index in [-0.39, 0.29) is 12.0 Å². The average molecular weight is 197 g/mol. The first-order chi connectivity index (χ1) is 6.65. The van der Waals surface area contributed by atoms with Crippen LogP contribution in [-0.2, 0) is 6.54 Å². The van der Waals surface area contributed by atoms with Crippen LogP contribution >= 0.6 is 0 Å². The van der Waals surface area contributed by atoms with Crippen LogP contribution in [0.25, 0.3) is 0 Å². The number of β-amino-alcohol motifs (C(OH)–C–C–N with tert-alkyl or cyclic N) is 1. The van der Waals surface area contributed by atoms with Crippen LogP contribution in [-0.4, -0.2) is 39.3 Å². The van der Waals surface area contributed by atoms with Crippen molar-refractivity contribution in [2.75, 3.05) is 13.1 Å². The SMILES string of the molecule is CC(C)c1nc(CN2CC(O)C2)no1. The molecule has 0 radical (unpaired) electrons. The topological polar surface area (TPSA) is 62.4 Å². The minimum absolute atomic E-state index is 0.175. The molecular formula is C9H15N3O2. The number of likely N-dealkylation sites (tertiary alicyclic amines) is 1. The molecule has 0 unspecified atom stereocenters. The Bertz CT molecular complexity index is 305. The van der Waals surface area contributed by atoms with Crippen LogP contribution in [0.1, 0.15) is 31.5 Å². The highest BCUT2D eigenvalue weighted by atomic mass is 16.5. The van der Waals surface area contributed by atoms with Gasteiger partial charge in [-0.05, 0) is 0 Å². The first kappa shape index (κ1) is 9.61. The molecule has 0 aliphatic carbocycles. The van der Waals surface area contributed by atoms with Gasteiger partial charge in [-0.1, -0.05) is 19.0 Å². The molecule has 0 saturated carbocycles. The molecule has 2 rings (SSSR count). The van der Waals surface area contributed by atoms with Crippen molar-refractivity contribution in [1.29, 1.82) is 0 Å². The van der Waals surface area contributed by atoms with Crippen molar-refractivity contribution < 1.29 is 9.63 Å². The monoisotopic (exact) mass is 197 g/mol. The van der Waals surface area contributed by atoms with Gasteiger partial charge in [0.1, 0.15) is 0 Å². The molecule has 1 saturated heterocycles. The third kappa shape index (κ3) is 1.93. The summed E-state index contributed by atoms with van der Waals surface area (Å²) in [6, 6.07) is 0. The lowest BCUT2D eigenvalue weighted by Crippen LogP contribution is -2.49. The van der Waals surface area contributed by atoms with Crippen LogP contribution in [0.3, 0.4) is 0 Å².